The van der Waals surface area contributed by atoms with Crippen LogP contribution in [0.1, 0.15) is 19.3 Å². The van der Waals surface area contributed by atoms with Gasteiger partial charge in [0, 0.05) is 34.2 Å². The van der Waals surface area contributed by atoms with Crippen LogP contribution in [0.5, 0.6) is 0 Å². The van der Waals surface area contributed by atoms with Gasteiger partial charge in [0.15, 0.2) is 0 Å². The maximum Gasteiger partial charge on any atom is 0.241 e. The molecule has 1 fully saturated rings. The standard InChI is InChI=1S/C13H23N7O/c1-14-11-16-12(15-9-10(21)19(2)3)18-13(17-11)20-7-5-4-6-8-20/h4-9H2,1-3H3,(H2,14,15,16,17,18). The molecule has 1 aromatic heterocycles. The summed E-state index contributed by atoms with van der Waals surface area (Å²) in [5.74, 6) is 1.56. The lowest BCUT2D eigenvalue weighted by atomic mass is 10.1. The molecule has 116 valence electrons. The summed E-state index contributed by atoms with van der Waals surface area (Å²) in [5.41, 5.74) is 0. The molecule has 8 heteroatoms. The minimum Gasteiger partial charge on any atom is -0.357 e. The molecule has 2 heterocycles. The zero-order valence-electron chi connectivity index (χ0n) is 12.9. The molecule has 0 radical (unpaired) electrons. The van der Waals surface area contributed by atoms with Crippen molar-refractivity contribution in [2.75, 3.05) is 56.3 Å². The van der Waals surface area contributed by atoms with Crippen molar-refractivity contribution < 1.29 is 4.79 Å². The first kappa shape index (κ1) is 15.3. The average Bonchev–Trinajstić information content (AvgIpc) is 2.52. The van der Waals surface area contributed by atoms with E-state index in [1.54, 1.807) is 21.1 Å². The van der Waals surface area contributed by atoms with E-state index in [2.05, 4.69) is 30.5 Å². The molecule has 1 amide bonds. The summed E-state index contributed by atoms with van der Waals surface area (Å²) in [6.07, 6.45) is 3.56. The highest BCUT2D eigenvalue weighted by Crippen LogP contribution is 2.18. The fraction of sp³-hybridized carbons (Fsp3) is 0.692. The number of carbonyl (C=O) groups is 1. The molecule has 0 aromatic carbocycles. The highest BCUT2D eigenvalue weighted by atomic mass is 16.2. The lowest BCUT2D eigenvalue weighted by molar-refractivity contribution is -0.126. The number of aromatic nitrogens is 3. The summed E-state index contributed by atoms with van der Waals surface area (Å²) in [7, 11) is 5.20. The van der Waals surface area contributed by atoms with Gasteiger partial charge < -0.3 is 20.4 Å². The molecule has 21 heavy (non-hydrogen) atoms. The van der Waals surface area contributed by atoms with Crippen LogP contribution in [-0.2, 0) is 4.79 Å². The third-order valence-corrected chi connectivity index (χ3v) is 3.38. The number of rotatable bonds is 5. The molecule has 0 aliphatic carbocycles. The summed E-state index contributed by atoms with van der Waals surface area (Å²) in [5, 5.41) is 5.89. The number of hydrogen-bond acceptors (Lipinski definition) is 7. The van der Waals surface area contributed by atoms with E-state index < -0.39 is 0 Å². The van der Waals surface area contributed by atoms with E-state index in [1.807, 2.05) is 0 Å². The molecule has 1 aliphatic heterocycles. The molecule has 0 bridgehead atoms. The van der Waals surface area contributed by atoms with Crippen molar-refractivity contribution in [3.05, 3.63) is 0 Å². The minimum absolute atomic E-state index is 0.0269. The van der Waals surface area contributed by atoms with Crippen LogP contribution in [0.15, 0.2) is 0 Å². The normalized spacial score (nSPS) is 14.7. The van der Waals surface area contributed by atoms with E-state index >= 15 is 0 Å². The molecular weight excluding hydrogens is 270 g/mol. The Morgan fingerprint density at radius 1 is 1.14 bits per heavy atom. The monoisotopic (exact) mass is 293 g/mol. The number of nitrogens with one attached hydrogen (secondary N) is 2. The van der Waals surface area contributed by atoms with Crippen molar-refractivity contribution in [2.45, 2.75) is 19.3 Å². The first-order valence-corrected chi connectivity index (χ1v) is 7.23. The van der Waals surface area contributed by atoms with Gasteiger partial charge in [-0.3, -0.25) is 4.79 Å². The Balaban J connectivity index is 2.11. The molecule has 2 N–H and O–H groups in total. The molecule has 0 spiro atoms. The van der Waals surface area contributed by atoms with E-state index in [4.69, 9.17) is 0 Å². The Morgan fingerprint density at radius 2 is 1.81 bits per heavy atom. The smallest absolute Gasteiger partial charge is 0.241 e. The van der Waals surface area contributed by atoms with Crippen molar-refractivity contribution in [1.82, 2.24) is 19.9 Å². The SMILES string of the molecule is CNc1nc(NCC(=O)N(C)C)nc(N2CCCCC2)n1. The summed E-state index contributed by atoms with van der Waals surface area (Å²) < 4.78 is 0. The van der Waals surface area contributed by atoms with Crippen molar-refractivity contribution in [3.8, 4) is 0 Å². The lowest BCUT2D eigenvalue weighted by Crippen LogP contribution is -2.32. The number of amides is 1. The number of anilines is 3. The van der Waals surface area contributed by atoms with Gasteiger partial charge in [-0.1, -0.05) is 0 Å². The van der Waals surface area contributed by atoms with Gasteiger partial charge in [0.25, 0.3) is 0 Å². The number of nitrogens with zero attached hydrogens (tertiary/aromatic N) is 5. The molecule has 0 unspecified atom stereocenters. The molecule has 0 atom stereocenters. The van der Waals surface area contributed by atoms with E-state index in [1.165, 1.54) is 11.3 Å². The zero-order chi connectivity index (χ0) is 15.2. The van der Waals surface area contributed by atoms with Crippen LogP contribution in [0.3, 0.4) is 0 Å². The molecule has 2 rings (SSSR count). The number of likely N-dealkylation sites (N-methyl/N-ethyl adjacent to an activating group) is 1. The largest absolute Gasteiger partial charge is 0.357 e. The Bertz CT molecular complexity index is 485. The van der Waals surface area contributed by atoms with Gasteiger partial charge in [-0.2, -0.15) is 15.0 Å². The fourth-order valence-electron chi connectivity index (χ4n) is 2.10. The van der Waals surface area contributed by atoms with Gasteiger partial charge in [-0.05, 0) is 19.3 Å². The van der Waals surface area contributed by atoms with E-state index in [-0.39, 0.29) is 12.5 Å². The minimum atomic E-state index is -0.0269. The van der Waals surface area contributed by atoms with Gasteiger partial charge in [0.2, 0.25) is 23.8 Å². The van der Waals surface area contributed by atoms with Crippen molar-refractivity contribution >= 4 is 23.8 Å². The molecular formula is C13H23N7O. The third-order valence-electron chi connectivity index (χ3n) is 3.38. The molecule has 8 nitrogen and oxygen atoms in total. The van der Waals surface area contributed by atoms with Crippen LogP contribution in [0.2, 0.25) is 0 Å². The van der Waals surface area contributed by atoms with Crippen molar-refractivity contribution in [3.63, 3.8) is 0 Å². The van der Waals surface area contributed by atoms with Crippen LogP contribution in [0.4, 0.5) is 17.8 Å². The van der Waals surface area contributed by atoms with Crippen molar-refractivity contribution in [1.29, 1.82) is 0 Å². The average molecular weight is 293 g/mol. The zero-order valence-corrected chi connectivity index (χ0v) is 12.9. The summed E-state index contributed by atoms with van der Waals surface area (Å²) in [6.45, 7) is 2.09. The summed E-state index contributed by atoms with van der Waals surface area (Å²) in [6, 6.07) is 0. The van der Waals surface area contributed by atoms with Gasteiger partial charge in [-0.25, -0.2) is 0 Å². The quantitative estimate of drug-likeness (QED) is 0.813. The second-order valence-corrected chi connectivity index (χ2v) is 5.22. The second kappa shape index (κ2) is 7.05. The molecule has 1 aliphatic rings. The number of hydrogen-bond donors (Lipinski definition) is 2. The van der Waals surface area contributed by atoms with E-state index in [9.17, 15) is 4.79 Å². The first-order valence-electron chi connectivity index (χ1n) is 7.23. The van der Waals surface area contributed by atoms with Crippen LogP contribution in [-0.4, -0.2) is 66.5 Å². The van der Waals surface area contributed by atoms with Crippen LogP contribution in [0, 0.1) is 0 Å². The Morgan fingerprint density at radius 3 is 2.43 bits per heavy atom. The topological polar surface area (TPSA) is 86.3 Å². The van der Waals surface area contributed by atoms with E-state index in [0.717, 1.165) is 25.9 Å². The highest BCUT2D eigenvalue weighted by molar-refractivity contribution is 5.79. The maximum atomic E-state index is 11.6. The van der Waals surface area contributed by atoms with Gasteiger partial charge in [-0.15, -0.1) is 0 Å². The predicted octanol–water partition coefficient (Wildman–Crippen LogP) is 0.404. The van der Waals surface area contributed by atoms with E-state index in [0.29, 0.717) is 17.8 Å². The van der Waals surface area contributed by atoms with Gasteiger partial charge >= 0.3 is 0 Å². The number of carbonyl (C=O) groups excluding carboxylic acids is 1. The first-order chi connectivity index (χ1) is 10.1. The number of piperidine rings is 1. The molecule has 1 aromatic rings. The fourth-order valence-corrected chi connectivity index (χ4v) is 2.10. The molecule has 1 saturated heterocycles. The predicted molar refractivity (Wildman–Crippen MR) is 82.6 cm³/mol. The lowest BCUT2D eigenvalue weighted by Gasteiger charge is -2.26. The van der Waals surface area contributed by atoms with Crippen LogP contribution >= 0.6 is 0 Å². The van der Waals surface area contributed by atoms with Crippen LogP contribution < -0.4 is 15.5 Å². The van der Waals surface area contributed by atoms with Crippen molar-refractivity contribution in [2.24, 2.45) is 0 Å². The Hall–Kier alpha value is -2.12. The van der Waals surface area contributed by atoms with Gasteiger partial charge in [0.1, 0.15) is 0 Å². The van der Waals surface area contributed by atoms with Crippen LogP contribution in [0.25, 0.3) is 0 Å². The molecule has 0 saturated carbocycles. The summed E-state index contributed by atoms with van der Waals surface area (Å²) in [4.78, 5) is 28.4. The second-order valence-electron chi connectivity index (χ2n) is 5.22. The van der Waals surface area contributed by atoms with Gasteiger partial charge in [0.05, 0.1) is 6.54 Å². The maximum absolute atomic E-state index is 11.6. The Kier molecular flexibility index (Phi) is 5.13. The Labute approximate surface area is 125 Å². The highest BCUT2D eigenvalue weighted by Gasteiger charge is 2.16. The summed E-state index contributed by atoms with van der Waals surface area (Å²) >= 11 is 0. The third kappa shape index (κ3) is 4.17.